The molecule has 2 aromatic heterocycles. The molecule has 2 rings (SSSR count). The molecule has 0 bridgehead atoms. The third-order valence-corrected chi connectivity index (χ3v) is 10.5. The van der Waals surface area contributed by atoms with Crippen molar-refractivity contribution < 1.29 is 9.63 Å². The summed E-state index contributed by atoms with van der Waals surface area (Å²) < 4.78 is 7.59. The van der Waals surface area contributed by atoms with Crippen molar-refractivity contribution >= 4 is 52.3 Å². The van der Waals surface area contributed by atoms with Crippen LogP contribution in [-0.2, 0) is 11.3 Å². The van der Waals surface area contributed by atoms with Crippen LogP contribution in [0.25, 0.3) is 11.2 Å². The lowest BCUT2D eigenvalue weighted by atomic mass is 10.0. The van der Waals surface area contributed by atoms with Crippen LogP contribution in [0.3, 0.4) is 0 Å². The van der Waals surface area contributed by atoms with Gasteiger partial charge in [-0.05, 0) is 26.2 Å². The predicted molar refractivity (Wildman–Crippen MR) is 173 cm³/mol. The molecule has 10 heteroatoms. The minimum absolute atomic E-state index is 0.139. The van der Waals surface area contributed by atoms with Crippen LogP contribution in [0.1, 0.15) is 117 Å². The Morgan fingerprint density at radius 3 is 2.05 bits per heavy atom. The summed E-state index contributed by atoms with van der Waals surface area (Å²) in [5, 5.41) is 0. The van der Waals surface area contributed by atoms with Crippen molar-refractivity contribution in [1.29, 1.82) is 0 Å². The van der Waals surface area contributed by atoms with E-state index in [9.17, 15) is 4.89 Å². The molecular formula is C29H52N5O2PS2. The number of hydrogen-bond acceptors (Lipinski definition) is 8. The second kappa shape index (κ2) is 22.8. The summed E-state index contributed by atoms with van der Waals surface area (Å²) in [6.45, 7) is 4.79. The number of imidazole rings is 1. The van der Waals surface area contributed by atoms with E-state index in [2.05, 4.69) is 21.9 Å². The zero-order chi connectivity index (χ0) is 28.0. The largest absolute Gasteiger partial charge is 0.629 e. The molecule has 0 saturated heterocycles. The minimum atomic E-state index is -1.45. The van der Waals surface area contributed by atoms with E-state index in [-0.39, 0.29) is 6.10 Å². The number of ether oxygens (including phenoxy) is 1. The van der Waals surface area contributed by atoms with Gasteiger partial charge in [-0.1, -0.05) is 112 Å². The number of fused-ring (bicyclic) bond motifs is 1. The number of hydrogen-bond donors (Lipinski definition) is 1. The fourth-order valence-corrected chi connectivity index (χ4v) is 7.76. The maximum atomic E-state index is 12.3. The van der Waals surface area contributed by atoms with Crippen molar-refractivity contribution in [2.45, 2.75) is 129 Å². The average molecular weight is 598 g/mol. The Bertz CT molecular complexity index is 915. The van der Waals surface area contributed by atoms with Gasteiger partial charge in [0, 0.05) is 11.5 Å². The third-order valence-electron chi connectivity index (χ3n) is 6.81. The highest BCUT2D eigenvalue weighted by atomic mass is 33.1. The zero-order valence-electron chi connectivity index (χ0n) is 24.4. The number of unbranched alkanes of at least 4 members (excludes halogenated alkanes) is 14. The van der Waals surface area contributed by atoms with E-state index in [1.807, 2.05) is 33.1 Å². The van der Waals surface area contributed by atoms with Gasteiger partial charge < -0.3 is 19.9 Å². The highest BCUT2D eigenvalue weighted by Gasteiger charge is 2.11. The summed E-state index contributed by atoms with van der Waals surface area (Å²) in [5.74, 6) is 4.26. The Labute approximate surface area is 246 Å². The van der Waals surface area contributed by atoms with E-state index in [1.54, 1.807) is 6.33 Å². The van der Waals surface area contributed by atoms with Crippen LogP contribution in [-0.4, -0.2) is 49.3 Å². The Hall–Kier alpha value is -0.860. The third kappa shape index (κ3) is 16.2. The van der Waals surface area contributed by atoms with Crippen molar-refractivity contribution in [3.8, 4) is 0 Å². The highest BCUT2D eigenvalue weighted by Crippen LogP contribution is 2.25. The molecule has 222 valence electrons. The summed E-state index contributed by atoms with van der Waals surface area (Å²) in [7, 11) is 2.52. The van der Waals surface area contributed by atoms with Gasteiger partial charge in [0.15, 0.2) is 11.5 Å². The van der Waals surface area contributed by atoms with Crippen molar-refractivity contribution in [2.24, 2.45) is 0 Å². The molecule has 0 aliphatic heterocycles. The van der Waals surface area contributed by atoms with Gasteiger partial charge >= 0.3 is 0 Å². The van der Waals surface area contributed by atoms with Crippen LogP contribution in [0.4, 0.5) is 5.82 Å². The molecule has 0 saturated carbocycles. The molecule has 0 aromatic carbocycles. The van der Waals surface area contributed by atoms with Crippen molar-refractivity contribution in [3.63, 3.8) is 0 Å². The van der Waals surface area contributed by atoms with Crippen LogP contribution in [0.5, 0.6) is 0 Å². The van der Waals surface area contributed by atoms with Crippen LogP contribution in [0, 0.1) is 0 Å². The van der Waals surface area contributed by atoms with Gasteiger partial charge in [0.25, 0.3) is 0 Å². The second-order valence-electron chi connectivity index (χ2n) is 10.5. The molecule has 2 heterocycles. The Balaban J connectivity index is 1.35. The molecule has 0 aliphatic rings. The number of nitrogens with zero attached hydrogens (tertiary/aromatic N) is 4. The lowest BCUT2D eigenvalue weighted by Gasteiger charge is -2.10. The van der Waals surface area contributed by atoms with E-state index in [4.69, 9.17) is 10.5 Å². The molecule has 2 atom stereocenters. The molecule has 1 unspecified atom stereocenters. The summed E-state index contributed by atoms with van der Waals surface area (Å²) in [6, 6.07) is 0. The summed E-state index contributed by atoms with van der Waals surface area (Å²) in [6.07, 6.45) is 25.5. The number of nitrogen functional groups attached to an aromatic ring is 1. The Kier molecular flexibility index (Phi) is 20.1. The van der Waals surface area contributed by atoms with E-state index in [0.29, 0.717) is 29.7 Å². The van der Waals surface area contributed by atoms with Gasteiger partial charge in [-0.3, -0.25) is 0 Å². The zero-order valence-corrected chi connectivity index (χ0v) is 26.9. The number of nitrogens with two attached hydrogens (primary N) is 1. The molecule has 0 spiro atoms. The van der Waals surface area contributed by atoms with Crippen LogP contribution in [0.15, 0.2) is 12.7 Å². The molecule has 0 radical (unpaired) electrons. The fourth-order valence-electron chi connectivity index (χ4n) is 4.48. The Morgan fingerprint density at radius 2 is 1.44 bits per heavy atom. The standard InChI is InChI=1S/C29H52N5O2PS2/c1-3-4-5-6-7-8-9-10-11-12-13-14-15-17-20-38-39-21-18-16-19-37(35)25-36-26(2)22-34-24-33-27-28(30)31-23-32-29(27)34/h23-26H,3-22H2,1-2H3,(H2,30,31,32)/t26-/m1/s1. The van der Waals surface area contributed by atoms with Gasteiger partial charge in [-0.15, -0.1) is 0 Å². The Morgan fingerprint density at radius 1 is 0.872 bits per heavy atom. The molecule has 2 aromatic rings. The first-order valence-electron chi connectivity index (χ1n) is 15.2. The maximum absolute atomic E-state index is 12.3. The van der Waals surface area contributed by atoms with E-state index < -0.39 is 7.77 Å². The molecule has 7 nitrogen and oxygen atoms in total. The van der Waals surface area contributed by atoms with Crippen LogP contribution < -0.4 is 10.6 Å². The normalized spacial score (nSPS) is 12.9. The summed E-state index contributed by atoms with van der Waals surface area (Å²) >= 11 is 0. The van der Waals surface area contributed by atoms with Crippen molar-refractivity contribution in [1.82, 2.24) is 19.5 Å². The number of anilines is 1. The molecular weight excluding hydrogens is 545 g/mol. The van der Waals surface area contributed by atoms with E-state index in [1.165, 1.54) is 108 Å². The predicted octanol–water partition coefficient (Wildman–Crippen LogP) is 7.97. The van der Waals surface area contributed by atoms with Crippen molar-refractivity contribution in [3.05, 3.63) is 12.7 Å². The maximum Gasteiger partial charge on any atom is 0.208 e. The van der Waals surface area contributed by atoms with Gasteiger partial charge in [0.05, 0.1) is 26.7 Å². The molecule has 0 aliphatic carbocycles. The lowest BCUT2D eigenvalue weighted by Crippen LogP contribution is -2.16. The monoisotopic (exact) mass is 597 g/mol. The van der Waals surface area contributed by atoms with Crippen molar-refractivity contribution in [2.75, 3.05) is 23.4 Å². The first-order valence-corrected chi connectivity index (χ1v) is 19.2. The number of aromatic nitrogens is 4. The SMILES string of the molecule is CCCCCCCCCCCCCCCCSSCCCC[P+]([O-])=CO[C@H](C)Cn1cnc2c(N)ncnc21. The topological polar surface area (TPSA) is 102 Å². The summed E-state index contributed by atoms with van der Waals surface area (Å²) in [4.78, 5) is 24.8. The highest BCUT2D eigenvalue weighted by molar-refractivity contribution is 8.76. The van der Waals surface area contributed by atoms with Gasteiger partial charge in [-0.25, -0.2) is 15.0 Å². The molecule has 0 fully saturated rings. The average Bonchev–Trinajstić information content (AvgIpc) is 3.34. The fraction of sp³-hybridized carbons (Fsp3) is 0.793. The number of rotatable bonds is 25. The molecule has 39 heavy (non-hydrogen) atoms. The van der Waals surface area contributed by atoms with Gasteiger partial charge in [-0.2, -0.15) is 0 Å². The smallest absolute Gasteiger partial charge is 0.208 e. The first-order chi connectivity index (χ1) is 19.1. The minimum Gasteiger partial charge on any atom is -0.629 e. The van der Waals surface area contributed by atoms with E-state index in [0.717, 1.165) is 18.6 Å². The molecule has 2 N–H and O–H groups in total. The van der Waals surface area contributed by atoms with Gasteiger partial charge in [0.1, 0.15) is 18.0 Å². The quantitative estimate of drug-likeness (QED) is 0.0698. The molecule has 0 amide bonds. The first kappa shape index (κ1) is 34.3. The van der Waals surface area contributed by atoms with Gasteiger partial charge in [0.2, 0.25) is 5.98 Å². The lowest BCUT2D eigenvalue weighted by molar-refractivity contribution is -0.153. The van der Waals surface area contributed by atoms with Crippen LogP contribution >= 0.6 is 29.4 Å². The van der Waals surface area contributed by atoms with E-state index >= 15 is 0 Å². The second-order valence-corrected chi connectivity index (χ2v) is 14.7. The summed E-state index contributed by atoms with van der Waals surface area (Å²) in [5.41, 5.74) is 7.11. The van der Waals surface area contributed by atoms with Crippen LogP contribution in [0.2, 0.25) is 0 Å².